The monoisotopic (exact) mass is 317 g/mol. The topological polar surface area (TPSA) is 39.1 Å². The molecule has 6 heteroatoms. The number of ether oxygens (including phenoxy) is 1. The number of rotatable bonds is 2. The van der Waals surface area contributed by atoms with Crippen molar-refractivity contribution in [3.63, 3.8) is 0 Å². The summed E-state index contributed by atoms with van der Waals surface area (Å²) in [6, 6.07) is 4.55. The van der Waals surface area contributed by atoms with Crippen molar-refractivity contribution in [2.24, 2.45) is 0 Å². The molecule has 1 aliphatic heterocycles. The first-order chi connectivity index (χ1) is 7.79. The molecule has 0 aliphatic carbocycles. The zero-order valence-corrected chi connectivity index (χ0v) is 11.7. The van der Waals surface area contributed by atoms with E-state index in [1.165, 1.54) is 0 Å². The van der Waals surface area contributed by atoms with Crippen molar-refractivity contribution in [1.29, 1.82) is 0 Å². The zero-order chi connectivity index (χ0) is 11.1. The molecule has 0 spiro atoms. The molecule has 0 bridgehead atoms. The molecule has 0 amide bonds. The molecule has 0 radical (unpaired) electrons. The standard InChI is InChI=1S/C11H12BrN3O.ClH/c1-16-11-3-10-7(2-9(11)12)4-14-15(10)8-5-13-6-8;/h2-4,8,13H,5-6H2,1H3;1H. The molecule has 1 aliphatic rings. The second-order valence-electron chi connectivity index (χ2n) is 3.95. The van der Waals surface area contributed by atoms with Gasteiger partial charge >= 0.3 is 0 Å². The van der Waals surface area contributed by atoms with Gasteiger partial charge in [0.15, 0.2) is 0 Å². The lowest BCUT2D eigenvalue weighted by molar-refractivity contribution is 0.326. The molecule has 17 heavy (non-hydrogen) atoms. The Morgan fingerprint density at radius 3 is 2.82 bits per heavy atom. The third-order valence-electron chi connectivity index (χ3n) is 2.97. The summed E-state index contributed by atoms with van der Waals surface area (Å²) in [5, 5.41) is 8.83. The second-order valence-corrected chi connectivity index (χ2v) is 4.80. The number of methoxy groups -OCH3 is 1. The number of aromatic nitrogens is 2. The Labute approximate surface area is 114 Å². The molecular formula is C11H13BrClN3O. The second kappa shape index (κ2) is 4.84. The van der Waals surface area contributed by atoms with E-state index in [0.717, 1.165) is 34.2 Å². The van der Waals surface area contributed by atoms with Gasteiger partial charge < -0.3 is 10.1 Å². The van der Waals surface area contributed by atoms with Crippen LogP contribution in [-0.4, -0.2) is 30.0 Å². The predicted molar refractivity (Wildman–Crippen MR) is 73.1 cm³/mol. The first kappa shape index (κ1) is 12.7. The van der Waals surface area contributed by atoms with Gasteiger partial charge in [-0.15, -0.1) is 12.4 Å². The van der Waals surface area contributed by atoms with Gasteiger partial charge in [-0.1, -0.05) is 0 Å². The molecule has 2 aromatic rings. The summed E-state index contributed by atoms with van der Waals surface area (Å²) in [4.78, 5) is 0. The van der Waals surface area contributed by atoms with Crippen LogP contribution in [0, 0.1) is 0 Å². The molecule has 3 rings (SSSR count). The molecular weight excluding hydrogens is 305 g/mol. The van der Waals surface area contributed by atoms with E-state index >= 15 is 0 Å². The van der Waals surface area contributed by atoms with Gasteiger partial charge in [0.2, 0.25) is 0 Å². The van der Waals surface area contributed by atoms with E-state index in [4.69, 9.17) is 4.74 Å². The van der Waals surface area contributed by atoms with Crippen LogP contribution in [0.1, 0.15) is 6.04 Å². The fraction of sp³-hybridized carbons (Fsp3) is 0.364. The third kappa shape index (κ3) is 2.03. The number of fused-ring (bicyclic) bond motifs is 1. The smallest absolute Gasteiger partial charge is 0.135 e. The van der Waals surface area contributed by atoms with Gasteiger partial charge in [-0.2, -0.15) is 5.10 Å². The van der Waals surface area contributed by atoms with E-state index in [-0.39, 0.29) is 12.4 Å². The molecule has 0 unspecified atom stereocenters. The van der Waals surface area contributed by atoms with Crippen molar-refractivity contribution in [3.05, 3.63) is 22.8 Å². The largest absolute Gasteiger partial charge is 0.495 e. The maximum absolute atomic E-state index is 5.31. The zero-order valence-electron chi connectivity index (χ0n) is 9.31. The molecule has 1 saturated heterocycles. The number of nitrogens with zero attached hydrogens (tertiary/aromatic N) is 2. The van der Waals surface area contributed by atoms with Crippen LogP contribution in [0.5, 0.6) is 5.75 Å². The van der Waals surface area contributed by atoms with Gasteiger partial charge in [0, 0.05) is 24.5 Å². The normalized spacial score (nSPS) is 15.4. The summed E-state index contributed by atoms with van der Waals surface area (Å²) in [7, 11) is 1.68. The van der Waals surface area contributed by atoms with Crippen molar-refractivity contribution in [2.75, 3.05) is 20.2 Å². The first-order valence-corrected chi connectivity index (χ1v) is 6.00. The van der Waals surface area contributed by atoms with E-state index in [1.54, 1.807) is 7.11 Å². The summed E-state index contributed by atoms with van der Waals surface area (Å²) in [6.45, 7) is 1.99. The van der Waals surface area contributed by atoms with Crippen LogP contribution in [0.25, 0.3) is 10.9 Å². The number of hydrogen-bond donors (Lipinski definition) is 1. The molecule has 0 saturated carbocycles. The highest BCUT2D eigenvalue weighted by molar-refractivity contribution is 9.10. The van der Waals surface area contributed by atoms with Crippen LogP contribution < -0.4 is 10.1 Å². The Morgan fingerprint density at radius 2 is 2.24 bits per heavy atom. The average molecular weight is 319 g/mol. The number of hydrogen-bond acceptors (Lipinski definition) is 3. The average Bonchev–Trinajstić information content (AvgIpc) is 2.58. The molecule has 0 atom stereocenters. The highest BCUT2D eigenvalue weighted by Crippen LogP contribution is 2.31. The number of nitrogens with one attached hydrogen (secondary N) is 1. The van der Waals surface area contributed by atoms with Crippen LogP contribution >= 0.6 is 28.3 Å². The molecule has 1 N–H and O–H groups in total. The lowest BCUT2D eigenvalue weighted by Crippen LogP contribution is -2.43. The van der Waals surface area contributed by atoms with E-state index in [1.807, 2.05) is 18.3 Å². The molecule has 1 aromatic carbocycles. The van der Waals surface area contributed by atoms with Crippen molar-refractivity contribution in [1.82, 2.24) is 15.1 Å². The summed E-state index contributed by atoms with van der Waals surface area (Å²) in [5.74, 6) is 0.849. The third-order valence-corrected chi connectivity index (χ3v) is 3.59. The molecule has 1 aromatic heterocycles. The van der Waals surface area contributed by atoms with Gasteiger partial charge in [0.1, 0.15) is 5.75 Å². The van der Waals surface area contributed by atoms with Crippen molar-refractivity contribution in [3.8, 4) is 5.75 Å². The Balaban J connectivity index is 0.00000108. The quantitative estimate of drug-likeness (QED) is 0.924. The lowest BCUT2D eigenvalue weighted by Gasteiger charge is -2.28. The van der Waals surface area contributed by atoms with E-state index < -0.39 is 0 Å². The van der Waals surface area contributed by atoms with E-state index in [9.17, 15) is 0 Å². The van der Waals surface area contributed by atoms with E-state index in [2.05, 4.69) is 31.0 Å². The lowest BCUT2D eigenvalue weighted by atomic mass is 10.1. The minimum absolute atomic E-state index is 0. The van der Waals surface area contributed by atoms with Crippen LogP contribution in [0.2, 0.25) is 0 Å². The fourth-order valence-corrected chi connectivity index (χ4v) is 2.46. The van der Waals surface area contributed by atoms with Crippen LogP contribution in [0.15, 0.2) is 22.8 Å². The fourth-order valence-electron chi connectivity index (χ4n) is 1.94. The SMILES string of the molecule is COc1cc2c(cnn2C2CNC2)cc1Br.Cl. The molecule has 2 heterocycles. The molecule has 4 nitrogen and oxygen atoms in total. The Kier molecular flexibility index (Phi) is 3.61. The minimum Gasteiger partial charge on any atom is -0.495 e. The van der Waals surface area contributed by atoms with Gasteiger partial charge in [-0.3, -0.25) is 4.68 Å². The van der Waals surface area contributed by atoms with Gasteiger partial charge in [-0.05, 0) is 22.0 Å². The van der Waals surface area contributed by atoms with Gasteiger partial charge in [0.25, 0.3) is 0 Å². The van der Waals surface area contributed by atoms with E-state index in [0.29, 0.717) is 6.04 Å². The molecule has 1 fully saturated rings. The Bertz CT molecular complexity index is 539. The van der Waals surface area contributed by atoms with Crippen molar-refractivity contribution < 1.29 is 4.74 Å². The maximum Gasteiger partial charge on any atom is 0.135 e. The summed E-state index contributed by atoms with van der Waals surface area (Å²) >= 11 is 3.48. The number of benzene rings is 1. The van der Waals surface area contributed by atoms with Gasteiger partial charge in [0.05, 0.1) is 29.3 Å². The van der Waals surface area contributed by atoms with Crippen LogP contribution in [0.3, 0.4) is 0 Å². The Morgan fingerprint density at radius 1 is 1.47 bits per heavy atom. The first-order valence-electron chi connectivity index (χ1n) is 5.21. The van der Waals surface area contributed by atoms with Crippen LogP contribution in [-0.2, 0) is 0 Å². The van der Waals surface area contributed by atoms with Gasteiger partial charge in [-0.25, -0.2) is 0 Å². The summed E-state index contributed by atoms with van der Waals surface area (Å²) in [5.41, 5.74) is 1.13. The highest BCUT2D eigenvalue weighted by atomic mass is 79.9. The maximum atomic E-state index is 5.31. The predicted octanol–water partition coefficient (Wildman–Crippen LogP) is 2.37. The highest BCUT2D eigenvalue weighted by Gasteiger charge is 2.21. The Hall–Kier alpha value is -0.780. The summed E-state index contributed by atoms with van der Waals surface area (Å²) < 4.78 is 8.34. The van der Waals surface area contributed by atoms with Crippen molar-refractivity contribution in [2.45, 2.75) is 6.04 Å². The minimum atomic E-state index is 0. The number of halogens is 2. The van der Waals surface area contributed by atoms with Crippen LogP contribution in [0.4, 0.5) is 0 Å². The van der Waals surface area contributed by atoms with Crippen molar-refractivity contribution >= 4 is 39.2 Å². The summed E-state index contributed by atoms with van der Waals surface area (Å²) in [6.07, 6.45) is 1.90. The molecule has 92 valence electrons.